The van der Waals surface area contributed by atoms with Gasteiger partial charge in [0, 0.05) is 0 Å². The zero-order chi connectivity index (χ0) is 16.3. The Morgan fingerprint density at radius 1 is 1.14 bits per heavy atom. The second-order valence-electron chi connectivity index (χ2n) is 5.15. The number of halogens is 1. The molecule has 0 spiro atoms. The van der Waals surface area contributed by atoms with Gasteiger partial charge in [-0.3, -0.25) is 4.72 Å². The summed E-state index contributed by atoms with van der Waals surface area (Å²) in [7, 11) is -2.35. The number of sulfonamides is 1. The Balaban J connectivity index is 2.49. The first-order chi connectivity index (χ1) is 10.3. The lowest BCUT2D eigenvalue weighted by Crippen LogP contribution is -2.15. The largest absolute Gasteiger partial charge is 0.495 e. The summed E-state index contributed by atoms with van der Waals surface area (Å²) in [6.07, 6.45) is 0. The van der Waals surface area contributed by atoms with Crippen molar-refractivity contribution >= 4 is 27.3 Å². The van der Waals surface area contributed by atoms with Crippen LogP contribution < -0.4 is 9.46 Å². The number of hydrogen-bond donors (Lipinski definition) is 1. The Hall–Kier alpha value is -1.72. The summed E-state index contributed by atoms with van der Waals surface area (Å²) in [5.74, 6) is 0.504. The van der Waals surface area contributed by atoms with Crippen molar-refractivity contribution < 1.29 is 13.2 Å². The minimum atomic E-state index is -3.79. The minimum absolute atomic E-state index is 0.0983. The first-order valence-electron chi connectivity index (χ1n) is 6.80. The van der Waals surface area contributed by atoms with Crippen LogP contribution in [0.15, 0.2) is 47.4 Å². The van der Waals surface area contributed by atoms with Crippen LogP contribution >= 0.6 is 11.6 Å². The molecule has 2 aromatic carbocycles. The van der Waals surface area contributed by atoms with E-state index < -0.39 is 10.0 Å². The Bertz CT molecular complexity index is 773. The predicted octanol–water partition coefficient (Wildman–Crippen LogP) is 4.27. The molecule has 0 aliphatic rings. The Morgan fingerprint density at radius 3 is 2.41 bits per heavy atom. The van der Waals surface area contributed by atoms with E-state index in [9.17, 15) is 8.42 Å². The number of benzene rings is 2. The van der Waals surface area contributed by atoms with Crippen molar-refractivity contribution in [2.75, 3.05) is 11.8 Å². The van der Waals surface area contributed by atoms with E-state index in [-0.39, 0.29) is 10.8 Å². The summed E-state index contributed by atoms with van der Waals surface area (Å²) >= 11 is 6.01. The van der Waals surface area contributed by atoms with Gasteiger partial charge in [0.15, 0.2) is 0 Å². The third-order valence-electron chi connectivity index (χ3n) is 3.26. The Kier molecular flexibility index (Phi) is 4.98. The lowest BCUT2D eigenvalue weighted by molar-refractivity contribution is 0.402. The molecule has 0 saturated heterocycles. The molecule has 0 aliphatic carbocycles. The summed E-state index contributed by atoms with van der Waals surface area (Å²) in [5, 5.41) is 0.338. The summed E-state index contributed by atoms with van der Waals surface area (Å²) < 4.78 is 33.0. The molecule has 0 heterocycles. The zero-order valence-corrected chi connectivity index (χ0v) is 14.2. The van der Waals surface area contributed by atoms with Crippen LogP contribution in [-0.2, 0) is 10.0 Å². The van der Waals surface area contributed by atoms with E-state index in [4.69, 9.17) is 16.3 Å². The van der Waals surface area contributed by atoms with Gasteiger partial charge < -0.3 is 4.74 Å². The highest BCUT2D eigenvalue weighted by molar-refractivity contribution is 7.92. The van der Waals surface area contributed by atoms with E-state index in [1.807, 2.05) is 19.9 Å². The van der Waals surface area contributed by atoms with Crippen molar-refractivity contribution in [2.24, 2.45) is 0 Å². The van der Waals surface area contributed by atoms with E-state index in [0.717, 1.165) is 5.56 Å². The topological polar surface area (TPSA) is 55.4 Å². The van der Waals surface area contributed by atoms with Gasteiger partial charge in [0.2, 0.25) is 0 Å². The third kappa shape index (κ3) is 3.54. The summed E-state index contributed by atoms with van der Waals surface area (Å²) in [4.78, 5) is 0.0983. The van der Waals surface area contributed by atoms with Crippen LogP contribution in [-0.4, -0.2) is 15.5 Å². The molecule has 22 heavy (non-hydrogen) atoms. The Labute approximate surface area is 136 Å². The maximum atomic E-state index is 12.7. The van der Waals surface area contributed by atoms with Crippen molar-refractivity contribution in [3.63, 3.8) is 0 Å². The lowest BCUT2D eigenvalue weighted by Gasteiger charge is -2.15. The fourth-order valence-electron chi connectivity index (χ4n) is 2.01. The van der Waals surface area contributed by atoms with Crippen molar-refractivity contribution in [3.05, 3.63) is 53.1 Å². The number of hydrogen-bond acceptors (Lipinski definition) is 3. The lowest BCUT2D eigenvalue weighted by atomic mass is 10.0. The highest BCUT2D eigenvalue weighted by Crippen LogP contribution is 2.31. The standard InChI is InChI=1S/C16H18ClNO3S/c1-11(2)12-8-9-15(21-3)16(10-12)22(19,20)18-14-7-5-4-6-13(14)17/h4-11,18H,1-3H3. The van der Waals surface area contributed by atoms with Gasteiger partial charge in [0.05, 0.1) is 17.8 Å². The van der Waals surface area contributed by atoms with Crippen molar-refractivity contribution in [1.29, 1.82) is 0 Å². The van der Waals surface area contributed by atoms with Crippen LogP contribution in [0.1, 0.15) is 25.3 Å². The van der Waals surface area contributed by atoms with Crippen LogP contribution in [0.4, 0.5) is 5.69 Å². The molecule has 0 bridgehead atoms. The summed E-state index contributed by atoms with van der Waals surface area (Å²) in [6.45, 7) is 4.00. The van der Waals surface area contributed by atoms with Gasteiger partial charge in [0.25, 0.3) is 10.0 Å². The normalized spacial score (nSPS) is 11.5. The average molecular weight is 340 g/mol. The molecule has 0 saturated carbocycles. The molecule has 1 N–H and O–H groups in total. The molecule has 0 amide bonds. The molecule has 118 valence electrons. The van der Waals surface area contributed by atoms with Crippen LogP contribution in [0.5, 0.6) is 5.75 Å². The average Bonchev–Trinajstić information content (AvgIpc) is 2.48. The van der Waals surface area contributed by atoms with Gasteiger partial charge in [0.1, 0.15) is 10.6 Å². The molecule has 0 atom stereocenters. The van der Waals surface area contributed by atoms with Gasteiger partial charge in [-0.05, 0) is 35.7 Å². The first kappa shape index (κ1) is 16.6. The number of rotatable bonds is 5. The van der Waals surface area contributed by atoms with Crippen molar-refractivity contribution in [2.45, 2.75) is 24.7 Å². The summed E-state index contributed by atoms with van der Waals surface area (Å²) in [6, 6.07) is 11.8. The molecule has 6 heteroatoms. The number of nitrogens with one attached hydrogen (secondary N) is 1. The molecule has 0 aliphatic heterocycles. The predicted molar refractivity (Wildman–Crippen MR) is 89.3 cm³/mol. The number of methoxy groups -OCH3 is 1. The second kappa shape index (κ2) is 6.58. The van der Waals surface area contributed by atoms with Crippen molar-refractivity contribution in [1.82, 2.24) is 0 Å². The van der Waals surface area contributed by atoms with Crippen molar-refractivity contribution in [3.8, 4) is 5.75 Å². The number of anilines is 1. The number of ether oxygens (including phenoxy) is 1. The minimum Gasteiger partial charge on any atom is -0.495 e. The van der Waals surface area contributed by atoms with Gasteiger partial charge in [-0.15, -0.1) is 0 Å². The van der Waals surface area contributed by atoms with Gasteiger partial charge >= 0.3 is 0 Å². The molecule has 2 rings (SSSR count). The van der Waals surface area contributed by atoms with E-state index >= 15 is 0 Å². The maximum absolute atomic E-state index is 12.7. The highest BCUT2D eigenvalue weighted by Gasteiger charge is 2.21. The smallest absolute Gasteiger partial charge is 0.265 e. The highest BCUT2D eigenvalue weighted by atomic mass is 35.5. The molecule has 0 aromatic heterocycles. The molecular formula is C16H18ClNO3S. The summed E-state index contributed by atoms with van der Waals surface area (Å²) in [5.41, 5.74) is 1.25. The van der Waals surface area contributed by atoms with Crippen LogP contribution in [0.3, 0.4) is 0 Å². The van der Waals surface area contributed by atoms with Crippen LogP contribution in [0.25, 0.3) is 0 Å². The first-order valence-corrected chi connectivity index (χ1v) is 8.66. The Morgan fingerprint density at radius 2 is 1.82 bits per heavy atom. The van der Waals surface area contributed by atoms with E-state index in [1.54, 1.807) is 36.4 Å². The third-order valence-corrected chi connectivity index (χ3v) is 4.98. The molecule has 4 nitrogen and oxygen atoms in total. The fourth-order valence-corrected chi connectivity index (χ4v) is 3.53. The van der Waals surface area contributed by atoms with Gasteiger partial charge in [-0.1, -0.05) is 43.6 Å². The fraction of sp³-hybridized carbons (Fsp3) is 0.250. The molecule has 0 radical (unpaired) electrons. The van der Waals surface area contributed by atoms with E-state index in [0.29, 0.717) is 16.5 Å². The maximum Gasteiger partial charge on any atom is 0.265 e. The monoisotopic (exact) mass is 339 g/mol. The van der Waals surface area contributed by atoms with Crippen LogP contribution in [0, 0.1) is 0 Å². The number of para-hydroxylation sites is 1. The SMILES string of the molecule is COc1ccc(C(C)C)cc1S(=O)(=O)Nc1ccccc1Cl. The molecule has 0 fully saturated rings. The van der Waals surface area contributed by atoms with Gasteiger partial charge in [-0.25, -0.2) is 8.42 Å². The van der Waals surface area contributed by atoms with E-state index in [2.05, 4.69) is 4.72 Å². The van der Waals surface area contributed by atoms with E-state index in [1.165, 1.54) is 7.11 Å². The molecule has 2 aromatic rings. The zero-order valence-electron chi connectivity index (χ0n) is 12.6. The quantitative estimate of drug-likeness (QED) is 0.884. The van der Waals surface area contributed by atoms with Gasteiger partial charge in [-0.2, -0.15) is 0 Å². The second-order valence-corrected chi connectivity index (χ2v) is 7.21. The molecular weight excluding hydrogens is 322 g/mol. The molecule has 0 unspecified atom stereocenters. The van der Waals surface area contributed by atoms with Crippen LogP contribution in [0.2, 0.25) is 5.02 Å².